The summed E-state index contributed by atoms with van der Waals surface area (Å²) in [5.74, 6) is 0.991. The molecule has 0 radical (unpaired) electrons. The highest BCUT2D eigenvalue weighted by Crippen LogP contribution is 2.21. The predicted octanol–water partition coefficient (Wildman–Crippen LogP) is 3.28. The minimum Gasteiger partial charge on any atom is -0.313 e. The van der Waals surface area contributed by atoms with Gasteiger partial charge in [-0.05, 0) is 52.1 Å². The molecule has 102 valence electrons. The maximum atomic E-state index is 3.66. The average molecular weight is 240 g/mol. The van der Waals surface area contributed by atoms with Gasteiger partial charge in [-0.3, -0.25) is 4.90 Å². The predicted molar refractivity (Wildman–Crippen MR) is 76.4 cm³/mol. The Labute approximate surface area is 108 Å². The molecular weight excluding hydrogens is 208 g/mol. The fourth-order valence-electron chi connectivity index (χ4n) is 2.84. The zero-order valence-electron chi connectivity index (χ0n) is 12.3. The van der Waals surface area contributed by atoms with E-state index in [-0.39, 0.29) is 0 Å². The van der Waals surface area contributed by atoms with Crippen LogP contribution in [-0.2, 0) is 0 Å². The molecular formula is C15H32N2. The molecule has 2 atom stereocenters. The maximum absolute atomic E-state index is 3.66. The van der Waals surface area contributed by atoms with Crippen LogP contribution in [0.1, 0.15) is 59.8 Å². The van der Waals surface area contributed by atoms with Gasteiger partial charge in [0, 0.05) is 18.6 Å². The third-order valence-corrected chi connectivity index (χ3v) is 4.33. The molecule has 0 aromatic heterocycles. The molecule has 0 saturated carbocycles. The first-order chi connectivity index (χ1) is 8.17. The largest absolute Gasteiger partial charge is 0.313 e. The molecule has 2 heteroatoms. The van der Waals surface area contributed by atoms with Crippen LogP contribution in [0.25, 0.3) is 0 Å². The average Bonchev–Trinajstić information content (AvgIpc) is 2.36. The molecule has 2 nitrogen and oxygen atoms in total. The molecule has 0 bridgehead atoms. The van der Waals surface area contributed by atoms with Gasteiger partial charge in [0.25, 0.3) is 0 Å². The van der Waals surface area contributed by atoms with Crippen LogP contribution in [0.4, 0.5) is 0 Å². The van der Waals surface area contributed by atoms with E-state index in [0.29, 0.717) is 12.1 Å². The van der Waals surface area contributed by atoms with Crippen molar-refractivity contribution in [2.24, 2.45) is 5.92 Å². The van der Waals surface area contributed by atoms with Gasteiger partial charge in [-0.2, -0.15) is 0 Å². The topological polar surface area (TPSA) is 15.3 Å². The number of nitrogens with one attached hydrogen (secondary N) is 1. The molecule has 2 unspecified atom stereocenters. The molecule has 0 amide bonds. The molecule has 1 rings (SSSR count). The highest BCUT2D eigenvalue weighted by molar-refractivity contribution is 4.77. The van der Waals surface area contributed by atoms with Crippen LogP contribution in [0.2, 0.25) is 0 Å². The molecule has 1 aliphatic heterocycles. The van der Waals surface area contributed by atoms with Crippen LogP contribution >= 0.6 is 0 Å². The van der Waals surface area contributed by atoms with Gasteiger partial charge in [-0.25, -0.2) is 0 Å². The van der Waals surface area contributed by atoms with Gasteiger partial charge in [0.15, 0.2) is 0 Å². The van der Waals surface area contributed by atoms with Crippen molar-refractivity contribution in [3.8, 4) is 0 Å². The number of hydrogen-bond acceptors (Lipinski definition) is 2. The molecule has 0 aromatic rings. The maximum Gasteiger partial charge on any atom is 0.0192 e. The smallest absolute Gasteiger partial charge is 0.0192 e. The van der Waals surface area contributed by atoms with Crippen LogP contribution in [-0.4, -0.2) is 36.6 Å². The van der Waals surface area contributed by atoms with E-state index in [1.165, 1.54) is 45.2 Å². The highest BCUT2D eigenvalue weighted by atomic mass is 15.2. The number of rotatable bonds is 7. The van der Waals surface area contributed by atoms with Crippen molar-refractivity contribution in [2.75, 3.05) is 19.6 Å². The highest BCUT2D eigenvalue weighted by Gasteiger charge is 2.21. The van der Waals surface area contributed by atoms with E-state index >= 15 is 0 Å². The van der Waals surface area contributed by atoms with Gasteiger partial charge in [-0.15, -0.1) is 0 Å². The van der Waals surface area contributed by atoms with Crippen LogP contribution in [0.15, 0.2) is 0 Å². The van der Waals surface area contributed by atoms with Crippen LogP contribution in [0, 0.1) is 5.92 Å². The normalized spacial score (nSPS) is 22.6. The lowest BCUT2D eigenvalue weighted by atomic mass is 9.93. The van der Waals surface area contributed by atoms with Crippen molar-refractivity contribution in [2.45, 2.75) is 71.9 Å². The van der Waals surface area contributed by atoms with E-state index in [1.54, 1.807) is 0 Å². The number of piperidine rings is 1. The lowest BCUT2D eigenvalue weighted by Crippen LogP contribution is -2.46. The molecule has 0 aliphatic carbocycles. The van der Waals surface area contributed by atoms with E-state index in [2.05, 4.69) is 37.9 Å². The zero-order chi connectivity index (χ0) is 12.7. The van der Waals surface area contributed by atoms with Gasteiger partial charge < -0.3 is 5.32 Å². The first-order valence-electron chi connectivity index (χ1n) is 7.64. The van der Waals surface area contributed by atoms with Gasteiger partial charge in [0.05, 0.1) is 0 Å². The number of likely N-dealkylation sites (tertiary alicyclic amines) is 1. The summed E-state index contributed by atoms with van der Waals surface area (Å²) in [7, 11) is 0. The number of nitrogens with zero attached hydrogens (tertiary/aromatic N) is 1. The van der Waals surface area contributed by atoms with Crippen molar-refractivity contribution in [3.05, 3.63) is 0 Å². The third kappa shape index (κ3) is 5.39. The summed E-state index contributed by atoms with van der Waals surface area (Å²) in [6.07, 6.45) is 6.76. The van der Waals surface area contributed by atoms with Gasteiger partial charge >= 0.3 is 0 Å². The number of hydrogen-bond donors (Lipinski definition) is 1. The zero-order valence-corrected chi connectivity index (χ0v) is 12.3. The SMILES string of the molecule is CCCC(C)NCC(C)N1CCC(CC)CC1. The van der Waals surface area contributed by atoms with Crippen molar-refractivity contribution in [1.29, 1.82) is 0 Å². The minimum absolute atomic E-state index is 0.677. The van der Waals surface area contributed by atoms with Crippen LogP contribution < -0.4 is 5.32 Å². The fraction of sp³-hybridized carbons (Fsp3) is 1.00. The van der Waals surface area contributed by atoms with Gasteiger partial charge in [-0.1, -0.05) is 26.7 Å². The molecule has 1 fully saturated rings. The Balaban J connectivity index is 2.17. The van der Waals surface area contributed by atoms with Gasteiger partial charge in [0.1, 0.15) is 0 Å². The Morgan fingerprint density at radius 3 is 2.35 bits per heavy atom. The molecule has 0 aromatic carbocycles. The summed E-state index contributed by atoms with van der Waals surface area (Å²) in [5, 5.41) is 3.66. The van der Waals surface area contributed by atoms with E-state index in [0.717, 1.165) is 12.5 Å². The quantitative estimate of drug-likeness (QED) is 0.735. The lowest BCUT2D eigenvalue weighted by Gasteiger charge is -2.36. The molecule has 1 heterocycles. The van der Waals surface area contributed by atoms with Crippen molar-refractivity contribution >= 4 is 0 Å². The Morgan fingerprint density at radius 1 is 1.18 bits per heavy atom. The Bertz CT molecular complexity index is 185. The van der Waals surface area contributed by atoms with Crippen LogP contribution in [0.5, 0.6) is 0 Å². The summed E-state index contributed by atoms with van der Waals surface area (Å²) >= 11 is 0. The van der Waals surface area contributed by atoms with E-state index in [9.17, 15) is 0 Å². The molecule has 1 aliphatic rings. The first-order valence-corrected chi connectivity index (χ1v) is 7.64. The van der Waals surface area contributed by atoms with Crippen LogP contribution in [0.3, 0.4) is 0 Å². The molecule has 17 heavy (non-hydrogen) atoms. The monoisotopic (exact) mass is 240 g/mol. The molecule has 0 spiro atoms. The van der Waals surface area contributed by atoms with Gasteiger partial charge in [0.2, 0.25) is 0 Å². The standard InChI is InChI=1S/C15H32N2/c1-5-7-13(3)16-12-14(4)17-10-8-15(6-2)9-11-17/h13-16H,5-12H2,1-4H3. The summed E-state index contributed by atoms with van der Waals surface area (Å²) in [6, 6.07) is 1.38. The third-order valence-electron chi connectivity index (χ3n) is 4.33. The summed E-state index contributed by atoms with van der Waals surface area (Å²) < 4.78 is 0. The summed E-state index contributed by atoms with van der Waals surface area (Å²) in [5.41, 5.74) is 0. The molecule has 1 N–H and O–H groups in total. The Kier molecular flexibility index (Phi) is 7.14. The fourth-order valence-corrected chi connectivity index (χ4v) is 2.84. The van der Waals surface area contributed by atoms with E-state index < -0.39 is 0 Å². The van der Waals surface area contributed by atoms with E-state index in [4.69, 9.17) is 0 Å². The minimum atomic E-state index is 0.677. The first kappa shape index (κ1) is 15.0. The summed E-state index contributed by atoms with van der Waals surface area (Å²) in [6.45, 7) is 13.0. The second kappa shape index (κ2) is 8.10. The van der Waals surface area contributed by atoms with Crippen molar-refractivity contribution in [1.82, 2.24) is 10.2 Å². The van der Waals surface area contributed by atoms with E-state index in [1.807, 2.05) is 0 Å². The second-order valence-corrected chi connectivity index (χ2v) is 5.83. The van der Waals surface area contributed by atoms with Crippen molar-refractivity contribution < 1.29 is 0 Å². The summed E-state index contributed by atoms with van der Waals surface area (Å²) in [4.78, 5) is 2.66. The lowest BCUT2D eigenvalue weighted by molar-refractivity contribution is 0.135. The molecule has 1 saturated heterocycles. The second-order valence-electron chi connectivity index (χ2n) is 5.83. The Hall–Kier alpha value is -0.0800. The van der Waals surface area contributed by atoms with Crippen molar-refractivity contribution in [3.63, 3.8) is 0 Å². The Morgan fingerprint density at radius 2 is 1.82 bits per heavy atom.